The summed E-state index contributed by atoms with van der Waals surface area (Å²) in [5.41, 5.74) is 1.85. The maximum atomic E-state index is 12.0. The lowest BCUT2D eigenvalue weighted by atomic mass is 10.1. The molecule has 0 radical (unpaired) electrons. The first-order valence-electron chi connectivity index (χ1n) is 6.38. The summed E-state index contributed by atoms with van der Waals surface area (Å²) in [7, 11) is 0. The van der Waals surface area contributed by atoms with Crippen molar-refractivity contribution in [1.29, 1.82) is 0 Å². The molecule has 0 aliphatic rings. The summed E-state index contributed by atoms with van der Waals surface area (Å²) in [6.45, 7) is 1.78. The number of anilines is 1. The van der Waals surface area contributed by atoms with Gasteiger partial charge in [-0.05, 0) is 30.7 Å². The van der Waals surface area contributed by atoms with Gasteiger partial charge in [-0.2, -0.15) is 0 Å². The van der Waals surface area contributed by atoms with E-state index in [2.05, 4.69) is 5.32 Å². The molecule has 0 spiro atoms. The minimum absolute atomic E-state index is 0.0173. The second-order valence-corrected chi connectivity index (χ2v) is 4.69. The number of carboxylic acids is 1. The number of aromatic hydroxyl groups is 1. The molecule has 2 aromatic rings. The molecule has 5 heteroatoms. The molecule has 0 aliphatic carbocycles. The normalized spacial score (nSPS) is 10.1. The molecule has 21 heavy (non-hydrogen) atoms. The molecule has 0 aromatic heterocycles. The van der Waals surface area contributed by atoms with E-state index in [0.717, 1.165) is 5.56 Å². The van der Waals surface area contributed by atoms with Crippen LogP contribution in [0.3, 0.4) is 0 Å². The van der Waals surface area contributed by atoms with Crippen molar-refractivity contribution >= 4 is 17.6 Å². The molecule has 0 aliphatic heterocycles. The van der Waals surface area contributed by atoms with Crippen LogP contribution in [-0.2, 0) is 11.2 Å². The van der Waals surface area contributed by atoms with Gasteiger partial charge in [0.1, 0.15) is 5.75 Å². The molecular formula is C16H15NO4. The number of carbonyl (C=O) groups is 2. The molecule has 108 valence electrons. The van der Waals surface area contributed by atoms with Gasteiger partial charge in [-0.3, -0.25) is 4.79 Å². The van der Waals surface area contributed by atoms with E-state index >= 15 is 0 Å². The van der Waals surface area contributed by atoms with E-state index < -0.39 is 5.97 Å². The highest BCUT2D eigenvalue weighted by atomic mass is 16.4. The van der Waals surface area contributed by atoms with Gasteiger partial charge in [0, 0.05) is 11.3 Å². The van der Waals surface area contributed by atoms with Gasteiger partial charge in [0.15, 0.2) is 0 Å². The van der Waals surface area contributed by atoms with Crippen molar-refractivity contribution in [2.45, 2.75) is 13.3 Å². The first-order chi connectivity index (χ1) is 9.97. The van der Waals surface area contributed by atoms with E-state index in [9.17, 15) is 14.7 Å². The number of phenolic OH excluding ortho intramolecular Hbond substituents is 1. The van der Waals surface area contributed by atoms with E-state index in [4.69, 9.17) is 5.11 Å². The lowest BCUT2D eigenvalue weighted by Gasteiger charge is -2.10. The predicted molar refractivity (Wildman–Crippen MR) is 78.6 cm³/mol. The molecule has 5 nitrogen and oxygen atoms in total. The zero-order valence-corrected chi connectivity index (χ0v) is 11.5. The lowest BCUT2D eigenvalue weighted by molar-refractivity contribution is -0.115. The lowest BCUT2D eigenvalue weighted by Crippen LogP contribution is -2.15. The van der Waals surface area contributed by atoms with Crippen molar-refractivity contribution in [3.8, 4) is 5.75 Å². The second-order valence-electron chi connectivity index (χ2n) is 4.69. The number of rotatable bonds is 4. The summed E-state index contributed by atoms with van der Waals surface area (Å²) < 4.78 is 0. The number of amides is 1. The maximum Gasteiger partial charge on any atom is 0.335 e. The van der Waals surface area contributed by atoms with E-state index in [1.165, 1.54) is 18.2 Å². The van der Waals surface area contributed by atoms with E-state index in [1.54, 1.807) is 31.2 Å². The van der Waals surface area contributed by atoms with Gasteiger partial charge < -0.3 is 15.5 Å². The van der Waals surface area contributed by atoms with Gasteiger partial charge in [-0.25, -0.2) is 4.79 Å². The van der Waals surface area contributed by atoms with Crippen LogP contribution in [0, 0.1) is 6.92 Å². The Morgan fingerprint density at radius 3 is 2.52 bits per heavy atom. The zero-order chi connectivity index (χ0) is 15.4. The van der Waals surface area contributed by atoms with E-state index in [-0.39, 0.29) is 23.6 Å². The molecule has 2 rings (SSSR count). The van der Waals surface area contributed by atoms with Gasteiger partial charge in [0.05, 0.1) is 12.0 Å². The number of nitrogens with one attached hydrogen (secondary N) is 1. The SMILES string of the molecule is Cc1ccc(C(=O)O)cc1NC(=O)Cc1ccccc1O. The van der Waals surface area contributed by atoms with Gasteiger partial charge >= 0.3 is 5.97 Å². The zero-order valence-electron chi connectivity index (χ0n) is 11.5. The number of carbonyl (C=O) groups excluding carboxylic acids is 1. The number of aromatic carboxylic acids is 1. The van der Waals surface area contributed by atoms with Gasteiger partial charge in [0.25, 0.3) is 0 Å². The quantitative estimate of drug-likeness (QED) is 0.805. The Bertz CT molecular complexity index is 694. The van der Waals surface area contributed by atoms with Gasteiger partial charge in [-0.1, -0.05) is 24.3 Å². The van der Waals surface area contributed by atoms with Crippen LogP contribution in [-0.4, -0.2) is 22.1 Å². The molecule has 0 unspecified atom stereocenters. The van der Waals surface area contributed by atoms with Crippen LogP contribution in [0.5, 0.6) is 5.75 Å². The van der Waals surface area contributed by atoms with Gasteiger partial charge in [-0.15, -0.1) is 0 Å². The third kappa shape index (κ3) is 3.60. The number of hydrogen-bond acceptors (Lipinski definition) is 3. The molecule has 0 bridgehead atoms. The van der Waals surface area contributed by atoms with Gasteiger partial charge in [0.2, 0.25) is 5.91 Å². The van der Waals surface area contributed by atoms with Crippen molar-refractivity contribution in [3.63, 3.8) is 0 Å². The first-order valence-corrected chi connectivity index (χ1v) is 6.38. The summed E-state index contributed by atoms with van der Waals surface area (Å²) in [5, 5.41) is 21.3. The molecule has 0 saturated heterocycles. The highest BCUT2D eigenvalue weighted by Crippen LogP contribution is 2.19. The minimum Gasteiger partial charge on any atom is -0.508 e. The minimum atomic E-state index is -1.05. The molecule has 3 N–H and O–H groups in total. The van der Waals surface area contributed by atoms with Crippen LogP contribution >= 0.6 is 0 Å². The summed E-state index contributed by atoms with van der Waals surface area (Å²) in [6.07, 6.45) is 0.0173. The second kappa shape index (κ2) is 6.09. The average molecular weight is 285 g/mol. The molecule has 0 heterocycles. The smallest absolute Gasteiger partial charge is 0.335 e. The largest absolute Gasteiger partial charge is 0.508 e. The first kappa shape index (κ1) is 14.6. The monoisotopic (exact) mass is 285 g/mol. The third-order valence-corrected chi connectivity index (χ3v) is 3.10. The summed E-state index contributed by atoms with van der Waals surface area (Å²) in [4.78, 5) is 22.9. The van der Waals surface area contributed by atoms with Crippen LogP contribution in [0.1, 0.15) is 21.5 Å². The van der Waals surface area contributed by atoms with Crippen molar-refractivity contribution in [1.82, 2.24) is 0 Å². The Morgan fingerprint density at radius 2 is 1.86 bits per heavy atom. The van der Waals surface area contributed by atoms with E-state index in [0.29, 0.717) is 11.3 Å². The Labute approximate surface area is 121 Å². The number of benzene rings is 2. The van der Waals surface area contributed by atoms with Crippen LogP contribution in [0.2, 0.25) is 0 Å². The van der Waals surface area contributed by atoms with Crippen LogP contribution in [0.25, 0.3) is 0 Å². The molecule has 0 saturated carbocycles. The van der Waals surface area contributed by atoms with Crippen molar-refractivity contribution in [2.24, 2.45) is 0 Å². The molecule has 1 amide bonds. The summed E-state index contributed by atoms with van der Waals surface area (Å²) in [6, 6.07) is 11.1. The fourth-order valence-electron chi connectivity index (χ4n) is 1.92. The number of para-hydroxylation sites is 1. The van der Waals surface area contributed by atoms with Crippen molar-refractivity contribution in [2.75, 3.05) is 5.32 Å². The highest BCUT2D eigenvalue weighted by molar-refractivity contribution is 5.95. The van der Waals surface area contributed by atoms with Crippen LogP contribution in [0.4, 0.5) is 5.69 Å². The van der Waals surface area contributed by atoms with Crippen molar-refractivity contribution < 1.29 is 19.8 Å². The van der Waals surface area contributed by atoms with Crippen LogP contribution < -0.4 is 5.32 Å². The predicted octanol–water partition coefficient (Wildman–Crippen LogP) is 2.58. The molecule has 0 atom stereocenters. The van der Waals surface area contributed by atoms with E-state index in [1.807, 2.05) is 0 Å². The number of aryl methyl sites for hydroxylation is 1. The molecule has 2 aromatic carbocycles. The summed E-state index contributed by atoms with van der Waals surface area (Å²) >= 11 is 0. The Morgan fingerprint density at radius 1 is 1.14 bits per heavy atom. The number of hydrogen-bond donors (Lipinski definition) is 3. The Hall–Kier alpha value is -2.82. The highest BCUT2D eigenvalue weighted by Gasteiger charge is 2.11. The third-order valence-electron chi connectivity index (χ3n) is 3.10. The fraction of sp³-hybridized carbons (Fsp3) is 0.125. The summed E-state index contributed by atoms with van der Waals surface area (Å²) in [5.74, 6) is -1.31. The van der Waals surface area contributed by atoms with Crippen LogP contribution in [0.15, 0.2) is 42.5 Å². The Balaban J connectivity index is 2.15. The standard InChI is InChI=1S/C16H15NO4/c1-10-6-7-12(16(20)21)8-13(10)17-15(19)9-11-4-2-3-5-14(11)18/h2-8,18H,9H2,1H3,(H,17,19)(H,20,21). The Kier molecular flexibility index (Phi) is 4.23. The fourth-order valence-corrected chi connectivity index (χ4v) is 1.92. The number of phenols is 1. The topological polar surface area (TPSA) is 86.6 Å². The maximum absolute atomic E-state index is 12.0. The van der Waals surface area contributed by atoms with Crippen molar-refractivity contribution in [3.05, 3.63) is 59.2 Å². The number of carboxylic acid groups (broad SMARTS) is 1. The molecule has 0 fully saturated rings. The average Bonchev–Trinajstić information content (AvgIpc) is 2.43. The molecular weight excluding hydrogens is 270 g/mol.